The Hall–Kier alpha value is -3.55. The fourth-order valence-corrected chi connectivity index (χ4v) is 2.55. The lowest BCUT2D eigenvalue weighted by molar-refractivity contribution is 0.102. The molecule has 0 radical (unpaired) electrons. The second kappa shape index (κ2) is 7.77. The predicted octanol–water partition coefficient (Wildman–Crippen LogP) is 3.32. The Morgan fingerprint density at radius 3 is 2.30 bits per heavy atom. The highest BCUT2D eigenvalue weighted by molar-refractivity contribution is 6.03. The van der Waals surface area contributed by atoms with E-state index in [2.05, 4.69) is 15.5 Å². The number of benzene rings is 2. The first-order valence-electron chi connectivity index (χ1n) is 8.07. The van der Waals surface area contributed by atoms with Gasteiger partial charge in [0.25, 0.3) is 5.91 Å². The van der Waals surface area contributed by atoms with E-state index in [0.29, 0.717) is 28.4 Å². The van der Waals surface area contributed by atoms with Crippen LogP contribution in [0.25, 0.3) is 11.5 Å². The number of aryl methyl sites for hydroxylation is 1. The molecule has 8 heteroatoms. The van der Waals surface area contributed by atoms with Gasteiger partial charge in [0.05, 0.1) is 21.3 Å². The second-order valence-corrected chi connectivity index (χ2v) is 5.65. The van der Waals surface area contributed by atoms with Gasteiger partial charge in [-0.05, 0) is 31.2 Å². The number of hydrogen-bond acceptors (Lipinski definition) is 7. The summed E-state index contributed by atoms with van der Waals surface area (Å²) in [5.74, 6) is 1.23. The number of amides is 1. The average molecular weight is 369 g/mol. The summed E-state index contributed by atoms with van der Waals surface area (Å²) in [6.07, 6.45) is 0. The Morgan fingerprint density at radius 2 is 1.70 bits per heavy atom. The maximum atomic E-state index is 12.3. The maximum absolute atomic E-state index is 12.3. The molecule has 8 nitrogen and oxygen atoms in total. The molecular weight excluding hydrogens is 350 g/mol. The number of methoxy groups -OCH3 is 3. The maximum Gasteiger partial charge on any atom is 0.322 e. The van der Waals surface area contributed by atoms with Crippen molar-refractivity contribution < 1.29 is 23.4 Å². The summed E-state index contributed by atoms with van der Waals surface area (Å²) in [7, 11) is 4.55. The smallest absolute Gasteiger partial charge is 0.322 e. The molecule has 0 fully saturated rings. The summed E-state index contributed by atoms with van der Waals surface area (Å²) < 4.78 is 21.5. The first-order valence-corrected chi connectivity index (χ1v) is 8.07. The van der Waals surface area contributed by atoms with Crippen LogP contribution in [0, 0.1) is 6.92 Å². The summed E-state index contributed by atoms with van der Waals surface area (Å²) in [5.41, 5.74) is 2.04. The van der Waals surface area contributed by atoms with Gasteiger partial charge in [-0.25, -0.2) is 0 Å². The van der Waals surface area contributed by atoms with Crippen molar-refractivity contribution in [3.8, 4) is 28.7 Å². The lowest BCUT2D eigenvalue weighted by Gasteiger charge is -2.12. The molecule has 0 saturated heterocycles. The quantitative estimate of drug-likeness (QED) is 0.712. The van der Waals surface area contributed by atoms with Gasteiger partial charge in [-0.1, -0.05) is 22.8 Å². The van der Waals surface area contributed by atoms with E-state index < -0.39 is 0 Å². The van der Waals surface area contributed by atoms with Crippen LogP contribution in [0.3, 0.4) is 0 Å². The standard InChI is InChI=1S/C19H19N3O5/c1-11-6-5-7-12(8-11)17(23)20-19-22-21-18(27-19)13-9-14(24-2)16(26-4)15(10-13)25-3/h5-10H,1-4H3,(H,20,22,23). The topological polar surface area (TPSA) is 95.7 Å². The number of aromatic nitrogens is 2. The molecule has 0 aliphatic carbocycles. The van der Waals surface area contributed by atoms with Crippen molar-refractivity contribution in [2.45, 2.75) is 6.92 Å². The minimum Gasteiger partial charge on any atom is -0.493 e. The van der Waals surface area contributed by atoms with E-state index in [-0.39, 0.29) is 17.8 Å². The molecule has 0 atom stereocenters. The van der Waals surface area contributed by atoms with Crippen molar-refractivity contribution in [1.82, 2.24) is 10.2 Å². The van der Waals surface area contributed by atoms with Gasteiger partial charge in [-0.2, -0.15) is 0 Å². The summed E-state index contributed by atoms with van der Waals surface area (Å²) >= 11 is 0. The lowest BCUT2D eigenvalue weighted by atomic mass is 10.1. The minimum atomic E-state index is -0.334. The zero-order valence-electron chi connectivity index (χ0n) is 15.4. The number of carbonyl (C=O) groups excluding carboxylic acids is 1. The van der Waals surface area contributed by atoms with Crippen LogP contribution in [-0.2, 0) is 0 Å². The van der Waals surface area contributed by atoms with Gasteiger partial charge in [-0.3, -0.25) is 10.1 Å². The highest BCUT2D eigenvalue weighted by atomic mass is 16.5. The molecule has 0 saturated carbocycles. The molecule has 0 aliphatic rings. The van der Waals surface area contributed by atoms with Gasteiger partial charge in [0, 0.05) is 11.1 Å². The third-order valence-electron chi connectivity index (χ3n) is 3.84. The van der Waals surface area contributed by atoms with Gasteiger partial charge < -0.3 is 18.6 Å². The Kier molecular flexibility index (Phi) is 5.25. The highest BCUT2D eigenvalue weighted by Crippen LogP contribution is 2.41. The molecular formula is C19H19N3O5. The van der Waals surface area contributed by atoms with Crippen LogP contribution in [0.2, 0.25) is 0 Å². The van der Waals surface area contributed by atoms with Gasteiger partial charge in [0.2, 0.25) is 11.6 Å². The zero-order chi connectivity index (χ0) is 19.4. The molecule has 1 heterocycles. The normalized spacial score (nSPS) is 10.4. The van der Waals surface area contributed by atoms with Gasteiger partial charge in [0.1, 0.15) is 0 Å². The molecule has 0 aliphatic heterocycles. The summed E-state index contributed by atoms with van der Waals surface area (Å²) in [6, 6.07) is 10.5. The zero-order valence-corrected chi connectivity index (χ0v) is 15.4. The van der Waals surface area contributed by atoms with E-state index in [1.807, 2.05) is 13.0 Å². The summed E-state index contributed by atoms with van der Waals surface area (Å²) in [6.45, 7) is 1.91. The summed E-state index contributed by atoms with van der Waals surface area (Å²) in [5, 5.41) is 10.4. The molecule has 3 aromatic rings. The number of nitrogens with zero attached hydrogens (tertiary/aromatic N) is 2. The third-order valence-corrected chi connectivity index (χ3v) is 3.84. The van der Waals surface area contributed by atoms with Gasteiger partial charge >= 0.3 is 6.01 Å². The molecule has 1 aromatic heterocycles. The monoisotopic (exact) mass is 369 g/mol. The van der Waals surface area contributed by atoms with E-state index in [9.17, 15) is 4.79 Å². The number of hydrogen-bond donors (Lipinski definition) is 1. The second-order valence-electron chi connectivity index (χ2n) is 5.65. The minimum absolute atomic E-state index is 0.00902. The average Bonchev–Trinajstić information content (AvgIpc) is 3.15. The molecule has 0 unspecified atom stereocenters. The van der Waals surface area contributed by atoms with Crippen molar-refractivity contribution in [2.75, 3.05) is 26.6 Å². The predicted molar refractivity (Wildman–Crippen MR) is 98.5 cm³/mol. The molecule has 27 heavy (non-hydrogen) atoms. The van der Waals surface area contributed by atoms with Crippen LogP contribution in [0.5, 0.6) is 17.2 Å². The van der Waals surface area contributed by atoms with E-state index in [0.717, 1.165) is 5.56 Å². The molecule has 3 rings (SSSR count). The Balaban J connectivity index is 1.86. The molecule has 2 aromatic carbocycles. The Labute approximate surface area is 156 Å². The van der Waals surface area contributed by atoms with Crippen molar-refractivity contribution in [1.29, 1.82) is 0 Å². The number of nitrogens with one attached hydrogen (secondary N) is 1. The Bertz CT molecular complexity index is 942. The molecule has 140 valence electrons. The van der Waals surface area contributed by atoms with E-state index in [1.54, 1.807) is 30.3 Å². The van der Waals surface area contributed by atoms with Crippen LogP contribution in [0.15, 0.2) is 40.8 Å². The van der Waals surface area contributed by atoms with Crippen molar-refractivity contribution in [3.63, 3.8) is 0 Å². The fraction of sp³-hybridized carbons (Fsp3) is 0.211. The molecule has 1 N–H and O–H groups in total. The largest absolute Gasteiger partial charge is 0.493 e. The molecule has 1 amide bonds. The van der Waals surface area contributed by atoms with Gasteiger partial charge in [0.15, 0.2) is 11.5 Å². The van der Waals surface area contributed by atoms with Crippen molar-refractivity contribution in [2.24, 2.45) is 0 Å². The first-order chi connectivity index (χ1) is 13.0. The SMILES string of the molecule is COc1cc(-c2nnc(NC(=O)c3cccc(C)c3)o2)cc(OC)c1OC. The lowest BCUT2D eigenvalue weighted by Crippen LogP contribution is -2.12. The van der Waals surface area contributed by atoms with Crippen molar-refractivity contribution >= 4 is 11.9 Å². The van der Waals surface area contributed by atoms with E-state index >= 15 is 0 Å². The van der Waals surface area contributed by atoms with E-state index in [4.69, 9.17) is 18.6 Å². The first kappa shape index (κ1) is 18.2. The van der Waals surface area contributed by atoms with Gasteiger partial charge in [-0.15, -0.1) is 5.10 Å². The molecule has 0 bridgehead atoms. The molecule has 0 spiro atoms. The van der Waals surface area contributed by atoms with Crippen molar-refractivity contribution in [3.05, 3.63) is 47.5 Å². The van der Waals surface area contributed by atoms with E-state index in [1.165, 1.54) is 21.3 Å². The number of carbonyl (C=O) groups is 1. The third kappa shape index (κ3) is 3.84. The van der Waals surface area contributed by atoms with Crippen LogP contribution >= 0.6 is 0 Å². The number of rotatable bonds is 6. The van der Waals surface area contributed by atoms with Crippen LogP contribution in [-0.4, -0.2) is 37.4 Å². The van der Waals surface area contributed by atoms with Crippen LogP contribution < -0.4 is 19.5 Å². The van der Waals surface area contributed by atoms with Crippen LogP contribution in [0.4, 0.5) is 6.01 Å². The fourth-order valence-electron chi connectivity index (χ4n) is 2.55. The number of anilines is 1. The highest BCUT2D eigenvalue weighted by Gasteiger charge is 2.18. The van der Waals surface area contributed by atoms with Crippen LogP contribution in [0.1, 0.15) is 15.9 Å². The number of ether oxygens (including phenoxy) is 3. The Morgan fingerprint density at radius 1 is 1.00 bits per heavy atom. The summed E-state index contributed by atoms with van der Waals surface area (Å²) in [4.78, 5) is 12.3.